The average molecular weight is 383 g/mol. The van der Waals surface area contributed by atoms with Gasteiger partial charge >= 0.3 is 0 Å². The molecule has 0 aliphatic rings. The van der Waals surface area contributed by atoms with Gasteiger partial charge in [-0.1, -0.05) is 54.6 Å². The number of benzene rings is 3. The van der Waals surface area contributed by atoms with Crippen LogP contribution in [0.5, 0.6) is 0 Å². The summed E-state index contributed by atoms with van der Waals surface area (Å²) in [6.07, 6.45) is 2.57. The van der Waals surface area contributed by atoms with E-state index < -0.39 is 6.10 Å². The Morgan fingerprint density at radius 2 is 1.45 bits per heavy atom. The molecule has 2 heterocycles. The number of aromatic nitrogens is 2. The minimum absolute atomic E-state index is 0.447. The first-order valence-electron chi connectivity index (χ1n) is 10.2. The van der Waals surface area contributed by atoms with E-state index in [-0.39, 0.29) is 0 Å². The maximum Gasteiger partial charge on any atom is 0.0843 e. The molecule has 3 N–H and O–H groups in total. The molecule has 0 aliphatic carbocycles. The van der Waals surface area contributed by atoms with Crippen molar-refractivity contribution in [2.75, 3.05) is 13.1 Å². The molecule has 0 fully saturated rings. The molecule has 0 radical (unpaired) electrons. The van der Waals surface area contributed by atoms with Crippen LogP contribution < -0.4 is 5.32 Å². The lowest BCUT2D eigenvalue weighted by molar-refractivity contribution is 0.154. The summed E-state index contributed by atoms with van der Waals surface area (Å²) in [7, 11) is 0. The van der Waals surface area contributed by atoms with Crippen molar-refractivity contribution in [2.45, 2.75) is 19.1 Å². The number of aromatic amines is 1. The van der Waals surface area contributed by atoms with E-state index in [4.69, 9.17) is 0 Å². The van der Waals surface area contributed by atoms with Gasteiger partial charge in [0.15, 0.2) is 0 Å². The van der Waals surface area contributed by atoms with Gasteiger partial charge in [0, 0.05) is 45.5 Å². The van der Waals surface area contributed by atoms with E-state index in [9.17, 15) is 5.11 Å². The summed E-state index contributed by atoms with van der Waals surface area (Å²) in [5, 5.41) is 17.9. The van der Waals surface area contributed by atoms with E-state index in [2.05, 4.69) is 87.8 Å². The minimum atomic E-state index is -0.447. The van der Waals surface area contributed by atoms with Crippen molar-refractivity contribution in [3.63, 3.8) is 0 Å². The summed E-state index contributed by atoms with van der Waals surface area (Å²) < 4.78 is 2.23. The Bertz CT molecular complexity index is 1210. The predicted molar refractivity (Wildman–Crippen MR) is 120 cm³/mol. The Labute approximate surface area is 169 Å². The van der Waals surface area contributed by atoms with Crippen LogP contribution in [0.3, 0.4) is 0 Å². The van der Waals surface area contributed by atoms with Crippen molar-refractivity contribution in [1.29, 1.82) is 0 Å². The number of H-pyrrole nitrogens is 1. The van der Waals surface area contributed by atoms with Crippen molar-refractivity contribution >= 4 is 32.7 Å². The summed E-state index contributed by atoms with van der Waals surface area (Å²) in [4.78, 5) is 3.32. The number of rotatable bonds is 7. The Kier molecular flexibility index (Phi) is 4.80. The van der Waals surface area contributed by atoms with Crippen LogP contribution >= 0.6 is 0 Å². The molecule has 0 aliphatic heterocycles. The molecule has 3 aromatic carbocycles. The fraction of sp³-hybridized carbons (Fsp3) is 0.200. The summed E-state index contributed by atoms with van der Waals surface area (Å²) >= 11 is 0. The van der Waals surface area contributed by atoms with E-state index in [1.54, 1.807) is 0 Å². The van der Waals surface area contributed by atoms with Gasteiger partial charge in [0.05, 0.1) is 12.6 Å². The molecule has 0 saturated heterocycles. The van der Waals surface area contributed by atoms with Gasteiger partial charge < -0.3 is 20.0 Å². The topological polar surface area (TPSA) is 53.0 Å². The Morgan fingerprint density at radius 1 is 0.828 bits per heavy atom. The molecule has 5 rings (SSSR count). The van der Waals surface area contributed by atoms with Gasteiger partial charge in [0.1, 0.15) is 0 Å². The maximum absolute atomic E-state index is 10.7. The molecule has 0 saturated carbocycles. The van der Waals surface area contributed by atoms with Crippen molar-refractivity contribution in [1.82, 2.24) is 14.9 Å². The third-order valence-electron chi connectivity index (χ3n) is 5.70. The summed E-state index contributed by atoms with van der Waals surface area (Å²) in [6, 6.07) is 25.2. The fourth-order valence-corrected chi connectivity index (χ4v) is 4.31. The fourth-order valence-electron chi connectivity index (χ4n) is 4.31. The highest BCUT2D eigenvalue weighted by Gasteiger charge is 2.13. The van der Waals surface area contributed by atoms with Crippen LogP contribution in [0.25, 0.3) is 32.7 Å². The number of aliphatic hydroxyl groups is 1. The van der Waals surface area contributed by atoms with Crippen LogP contribution in [0.4, 0.5) is 0 Å². The summed E-state index contributed by atoms with van der Waals surface area (Å²) in [6.45, 7) is 1.99. The normalized spacial score (nSPS) is 12.9. The van der Waals surface area contributed by atoms with E-state index >= 15 is 0 Å². The van der Waals surface area contributed by atoms with Crippen LogP contribution in [-0.4, -0.2) is 33.9 Å². The number of nitrogens with zero attached hydrogens (tertiary/aromatic N) is 1. The highest BCUT2D eigenvalue weighted by atomic mass is 16.3. The molecule has 0 unspecified atom stereocenters. The maximum atomic E-state index is 10.7. The van der Waals surface area contributed by atoms with Crippen LogP contribution in [0.15, 0.2) is 79.0 Å². The second-order valence-electron chi connectivity index (χ2n) is 7.61. The zero-order valence-corrected chi connectivity index (χ0v) is 16.3. The van der Waals surface area contributed by atoms with Crippen LogP contribution in [0.2, 0.25) is 0 Å². The van der Waals surface area contributed by atoms with Gasteiger partial charge in [0.25, 0.3) is 0 Å². The van der Waals surface area contributed by atoms with Crippen molar-refractivity contribution in [2.24, 2.45) is 0 Å². The lowest BCUT2D eigenvalue weighted by Gasteiger charge is -2.15. The molecular formula is C25H25N3O. The number of aliphatic hydroxyl groups excluding tert-OH is 1. The van der Waals surface area contributed by atoms with Gasteiger partial charge in [-0.2, -0.15) is 0 Å². The highest BCUT2D eigenvalue weighted by Crippen LogP contribution is 2.28. The van der Waals surface area contributed by atoms with Crippen molar-refractivity contribution in [3.05, 3.63) is 84.6 Å². The van der Waals surface area contributed by atoms with E-state index in [1.807, 2.05) is 6.07 Å². The van der Waals surface area contributed by atoms with Gasteiger partial charge in [-0.05, 0) is 36.7 Å². The SMILES string of the molecule is O[C@@H](CNCCc1c[nH]c2ccccc12)Cn1c2ccccc2c2ccccc21. The summed E-state index contributed by atoms with van der Waals surface area (Å²) in [5.74, 6) is 0. The monoisotopic (exact) mass is 383 g/mol. The Morgan fingerprint density at radius 3 is 2.17 bits per heavy atom. The third kappa shape index (κ3) is 3.41. The van der Waals surface area contributed by atoms with Crippen molar-refractivity contribution in [3.8, 4) is 0 Å². The van der Waals surface area contributed by atoms with Crippen LogP contribution in [0.1, 0.15) is 5.56 Å². The van der Waals surface area contributed by atoms with Gasteiger partial charge in [0.2, 0.25) is 0 Å². The molecular weight excluding hydrogens is 358 g/mol. The molecule has 0 amide bonds. The number of nitrogens with one attached hydrogen (secondary N) is 2. The largest absolute Gasteiger partial charge is 0.390 e. The smallest absolute Gasteiger partial charge is 0.0843 e. The van der Waals surface area contributed by atoms with Crippen LogP contribution in [-0.2, 0) is 13.0 Å². The molecule has 4 nitrogen and oxygen atoms in total. The standard InChI is InChI=1S/C25H25N3O/c29-19(16-26-14-13-18-15-27-23-10-4-1-7-20(18)23)17-28-24-11-5-2-8-21(24)22-9-3-6-12-25(22)28/h1-12,15,19,26-27,29H,13-14,16-17H2/t19-/m0/s1. The molecule has 0 bridgehead atoms. The minimum Gasteiger partial charge on any atom is -0.390 e. The predicted octanol–water partition coefficient (Wildman–Crippen LogP) is 4.47. The lowest BCUT2D eigenvalue weighted by Crippen LogP contribution is -2.31. The summed E-state index contributed by atoms with van der Waals surface area (Å²) in [5.41, 5.74) is 4.83. The second kappa shape index (κ2) is 7.74. The lowest BCUT2D eigenvalue weighted by atomic mass is 10.1. The first kappa shape index (κ1) is 18.0. The molecule has 5 aromatic rings. The molecule has 4 heteroatoms. The molecule has 1 atom stereocenters. The first-order chi connectivity index (χ1) is 14.3. The second-order valence-corrected chi connectivity index (χ2v) is 7.61. The zero-order chi connectivity index (χ0) is 19.6. The zero-order valence-electron chi connectivity index (χ0n) is 16.3. The molecule has 146 valence electrons. The van der Waals surface area contributed by atoms with E-state index in [1.165, 1.54) is 38.3 Å². The Hall–Kier alpha value is -3.08. The number of para-hydroxylation sites is 3. The van der Waals surface area contributed by atoms with Crippen LogP contribution in [0, 0.1) is 0 Å². The molecule has 0 spiro atoms. The molecule has 2 aromatic heterocycles. The average Bonchev–Trinajstić information content (AvgIpc) is 3.31. The van der Waals surface area contributed by atoms with Gasteiger partial charge in [-0.25, -0.2) is 0 Å². The number of hydrogen-bond donors (Lipinski definition) is 3. The first-order valence-corrected chi connectivity index (χ1v) is 10.2. The van der Waals surface area contributed by atoms with Gasteiger partial charge in [-0.15, -0.1) is 0 Å². The quantitative estimate of drug-likeness (QED) is 0.363. The van der Waals surface area contributed by atoms with Crippen molar-refractivity contribution < 1.29 is 5.11 Å². The molecule has 29 heavy (non-hydrogen) atoms. The number of hydrogen-bond acceptors (Lipinski definition) is 2. The Balaban J connectivity index is 1.25. The highest BCUT2D eigenvalue weighted by molar-refractivity contribution is 6.07. The van der Waals surface area contributed by atoms with E-state index in [0.717, 1.165) is 13.0 Å². The third-order valence-corrected chi connectivity index (χ3v) is 5.70. The number of fused-ring (bicyclic) bond motifs is 4. The van der Waals surface area contributed by atoms with E-state index in [0.29, 0.717) is 13.1 Å². The van der Waals surface area contributed by atoms with Gasteiger partial charge in [-0.3, -0.25) is 0 Å².